The van der Waals surface area contributed by atoms with E-state index in [4.69, 9.17) is 4.74 Å². The Morgan fingerprint density at radius 1 is 1.17 bits per heavy atom. The molecule has 0 spiro atoms. The summed E-state index contributed by atoms with van der Waals surface area (Å²) in [6.07, 6.45) is -3.11. The van der Waals surface area contributed by atoms with Crippen LogP contribution in [0.15, 0.2) is 23.2 Å². The summed E-state index contributed by atoms with van der Waals surface area (Å²) in [6.45, 7) is 3.48. The minimum Gasteiger partial charge on any atom is -0.379 e. The predicted molar refractivity (Wildman–Crippen MR) is 78.8 cm³/mol. The van der Waals surface area contributed by atoms with Crippen LogP contribution in [0.1, 0.15) is 12.1 Å². The Morgan fingerprint density at radius 3 is 2.46 bits per heavy atom. The standard InChI is InChI=1S/C14H18F3N3O3S/c15-14(16,17)13-2-1-12(9-18-13)24(21,22)20-4-3-11(10-20)19-5-7-23-8-6-19/h1-2,9,11H,3-8,10H2/t11-/m1/s1. The van der Waals surface area contributed by atoms with E-state index in [1.54, 1.807) is 0 Å². The van der Waals surface area contributed by atoms with E-state index in [0.29, 0.717) is 38.8 Å². The molecule has 24 heavy (non-hydrogen) atoms. The first-order valence-electron chi connectivity index (χ1n) is 7.64. The van der Waals surface area contributed by atoms with Crippen molar-refractivity contribution in [2.24, 2.45) is 0 Å². The van der Waals surface area contributed by atoms with Gasteiger partial charge in [0.1, 0.15) is 10.6 Å². The highest BCUT2D eigenvalue weighted by Gasteiger charge is 2.37. The van der Waals surface area contributed by atoms with E-state index in [9.17, 15) is 21.6 Å². The Bertz CT molecular complexity index is 673. The van der Waals surface area contributed by atoms with Gasteiger partial charge < -0.3 is 4.74 Å². The summed E-state index contributed by atoms with van der Waals surface area (Å²) in [7, 11) is -3.83. The number of rotatable bonds is 3. The monoisotopic (exact) mass is 365 g/mol. The molecule has 0 aromatic carbocycles. The minimum atomic E-state index is -4.59. The predicted octanol–water partition coefficient (Wildman–Crippen LogP) is 1.20. The Morgan fingerprint density at radius 2 is 1.88 bits per heavy atom. The van der Waals surface area contributed by atoms with Crippen molar-refractivity contribution in [3.63, 3.8) is 0 Å². The van der Waals surface area contributed by atoms with Crippen LogP contribution in [0.3, 0.4) is 0 Å². The van der Waals surface area contributed by atoms with Gasteiger partial charge in [-0.05, 0) is 18.6 Å². The fourth-order valence-electron chi connectivity index (χ4n) is 3.02. The van der Waals surface area contributed by atoms with E-state index < -0.39 is 21.9 Å². The summed E-state index contributed by atoms with van der Waals surface area (Å²) < 4.78 is 69.4. The number of hydrogen-bond acceptors (Lipinski definition) is 5. The highest BCUT2D eigenvalue weighted by Crippen LogP contribution is 2.29. The van der Waals surface area contributed by atoms with Gasteiger partial charge in [-0.1, -0.05) is 0 Å². The number of ether oxygens (including phenoxy) is 1. The number of pyridine rings is 1. The third kappa shape index (κ3) is 3.56. The molecule has 0 unspecified atom stereocenters. The number of nitrogens with zero attached hydrogens (tertiary/aromatic N) is 3. The Hall–Kier alpha value is -1.23. The van der Waals surface area contributed by atoms with Gasteiger partial charge in [-0.15, -0.1) is 0 Å². The molecular formula is C14H18F3N3O3S. The van der Waals surface area contributed by atoms with Crippen LogP contribution in [0.4, 0.5) is 13.2 Å². The molecule has 134 valence electrons. The maximum absolute atomic E-state index is 12.6. The first-order valence-corrected chi connectivity index (χ1v) is 9.08. The third-order valence-corrected chi connectivity index (χ3v) is 6.20. The molecule has 0 N–H and O–H groups in total. The minimum absolute atomic E-state index is 0.117. The van der Waals surface area contributed by atoms with Crippen molar-refractivity contribution >= 4 is 10.0 Å². The van der Waals surface area contributed by atoms with Crippen molar-refractivity contribution in [1.29, 1.82) is 0 Å². The quantitative estimate of drug-likeness (QED) is 0.805. The molecule has 0 saturated carbocycles. The maximum atomic E-state index is 12.6. The summed E-state index contributed by atoms with van der Waals surface area (Å²) in [5.41, 5.74) is -1.10. The molecule has 0 aliphatic carbocycles. The molecule has 2 aliphatic heterocycles. The molecule has 0 amide bonds. The number of hydrogen-bond donors (Lipinski definition) is 0. The number of sulfonamides is 1. The zero-order valence-corrected chi connectivity index (χ0v) is 13.7. The molecule has 3 heterocycles. The van der Waals surface area contributed by atoms with E-state index >= 15 is 0 Å². The van der Waals surface area contributed by atoms with Crippen LogP contribution in [0.25, 0.3) is 0 Å². The number of morpholine rings is 1. The van der Waals surface area contributed by atoms with Crippen molar-refractivity contribution in [2.45, 2.75) is 23.5 Å². The zero-order valence-electron chi connectivity index (χ0n) is 12.9. The average molecular weight is 365 g/mol. The van der Waals surface area contributed by atoms with Gasteiger partial charge in [-0.2, -0.15) is 17.5 Å². The molecule has 3 rings (SSSR count). The molecule has 1 atom stereocenters. The van der Waals surface area contributed by atoms with E-state index in [1.165, 1.54) is 4.31 Å². The van der Waals surface area contributed by atoms with Crippen LogP contribution in [0.5, 0.6) is 0 Å². The van der Waals surface area contributed by atoms with Crippen LogP contribution >= 0.6 is 0 Å². The normalized spacial score (nSPS) is 24.4. The van der Waals surface area contributed by atoms with Gasteiger partial charge in [0.05, 0.1) is 13.2 Å². The zero-order chi connectivity index (χ0) is 17.4. The smallest absolute Gasteiger partial charge is 0.379 e. The first-order chi connectivity index (χ1) is 11.3. The lowest BCUT2D eigenvalue weighted by Gasteiger charge is -2.32. The Labute approximate surface area is 138 Å². The highest BCUT2D eigenvalue weighted by molar-refractivity contribution is 7.89. The van der Waals surface area contributed by atoms with E-state index in [2.05, 4.69) is 9.88 Å². The molecule has 2 fully saturated rings. The van der Waals surface area contributed by atoms with Crippen LogP contribution in [-0.4, -0.2) is 68.0 Å². The molecule has 0 bridgehead atoms. The number of halogens is 3. The molecular weight excluding hydrogens is 347 g/mol. The maximum Gasteiger partial charge on any atom is 0.433 e. The van der Waals surface area contributed by atoms with Gasteiger partial charge in [-0.25, -0.2) is 8.42 Å². The lowest BCUT2D eigenvalue weighted by atomic mass is 10.2. The molecule has 1 aromatic rings. The number of alkyl halides is 3. The summed E-state index contributed by atoms with van der Waals surface area (Å²) in [6, 6.07) is 1.78. The van der Waals surface area contributed by atoms with Gasteiger partial charge in [0, 0.05) is 38.4 Å². The van der Waals surface area contributed by atoms with Crippen LogP contribution < -0.4 is 0 Å². The first kappa shape index (κ1) is 17.6. The Balaban J connectivity index is 1.71. The summed E-state index contributed by atoms with van der Waals surface area (Å²) in [5, 5.41) is 0. The molecule has 2 saturated heterocycles. The number of aromatic nitrogens is 1. The second-order valence-corrected chi connectivity index (χ2v) is 7.77. The summed E-state index contributed by atoms with van der Waals surface area (Å²) >= 11 is 0. The summed E-state index contributed by atoms with van der Waals surface area (Å²) in [4.78, 5) is 5.23. The van der Waals surface area contributed by atoms with E-state index in [0.717, 1.165) is 25.4 Å². The van der Waals surface area contributed by atoms with Gasteiger partial charge in [0.15, 0.2) is 0 Å². The van der Waals surface area contributed by atoms with Crippen molar-refractivity contribution < 1.29 is 26.3 Å². The van der Waals surface area contributed by atoms with Gasteiger partial charge >= 0.3 is 6.18 Å². The largest absolute Gasteiger partial charge is 0.433 e. The van der Waals surface area contributed by atoms with Crippen LogP contribution in [0, 0.1) is 0 Å². The molecule has 6 nitrogen and oxygen atoms in total. The second-order valence-electron chi connectivity index (χ2n) is 5.83. The second kappa shape index (κ2) is 6.58. The fourth-order valence-corrected chi connectivity index (χ4v) is 4.46. The molecule has 2 aliphatic rings. The Kier molecular flexibility index (Phi) is 4.82. The average Bonchev–Trinajstić information content (AvgIpc) is 3.06. The topological polar surface area (TPSA) is 62.7 Å². The van der Waals surface area contributed by atoms with E-state index in [-0.39, 0.29) is 10.9 Å². The van der Waals surface area contributed by atoms with Crippen molar-refractivity contribution in [3.8, 4) is 0 Å². The van der Waals surface area contributed by atoms with Gasteiger partial charge in [0.2, 0.25) is 10.0 Å². The molecule has 10 heteroatoms. The molecule has 0 radical (unpaired) electrons. The van der Waals surface area contributed by atoms with Crippen molar-refractivity contribution in [3.05, 3.63) is 24.0 Å². The van der Waals surface area contributed by atoms with Crippen molar-refractivity contribution in [1.82, 2.24) is 14.2 Å². The van der Waals surface area contributed by atoms with Crippen LogP contribution in [-0.2, 0) is 20.9 Å². The van der Waals surface area contributed by atoms with Gasteiger partial charge in [0.25, 0.3) is 0 Å². The third-order valence-electron chi connectivity index (χ3n) is 4.35. The van der Waals surface area contributed by atoms with Crippen LogP contribution in [0.2, 0.25) is 0 Å². The lowest BCUT2D eigenvalue weighted by Crippen LogP contribution is -2.45. The highest BCUT2D eigenvalue weighted by atomic mass is 32.2. The lowest BCUT2D eigenvalue weighted by molar-refractivity contribution is -0.141. The fraction of sp³-hybridized carbons (Fsp3) is 0.643. The van der Waals surface area contributed by atoms with E-state index in [1.807, 2.05) is 0 Å². The van der Waals surface area contributed by atoms with Gasteiger partial charge in [-0.3, -0.25) is 9.88 Å². The SMILES string of the molecule is O=S(=O)(c1ccc(C(F)(F)F)nc1)N1CC[C@@H](N2CCOCC2)C1. The molecule has 1 aromatic heterocycles. The summed E-state index contributed by atoms with van der Waals surface area (Å²) in [5.74, 6) is 0. The van der Waals surface area contributed by atoms with Crippen molar-refractivity contribution in [2.75, 3.05) is 39.4 Å².